The molecule has 1 aliphatic carbocycles. The quantitative estimate of drug-likeness (QED) is 0.558. The molecule has 1 heteroatoms. The molecule has 0 amide bonds. The minimum absolute atomic E-state index is 0.520. The molecular weight excluding hydrogens is 194 g/mol. The highest BCUT2D eigenvalue weighted by atomic mass is 14.8. The van der Waals surface area contributed by atoms with Crippen molar-refractivity contribution in [3.05, 3.63) is 0 Å². The van der Waals surface area contributed by atoms with Crippen LogP contribution in [0.2, 0.25) is 0 Å². The Bertz CT molecular complexity index is 180. The summed E-state index contributed by atoms with van der Waals surface area (Å²) in [4.78, 5) is 0. The SMILES string of the molecule is CCCNCC1CCCC(C(C)(C)C)CC1. The fourth-order valence-corrected chi connectivity index (χ4v) is 2.93. The summed E-state index contributed by atoms with van der Waals surface area (Å²) < 4.78 is 0. The minimum atomic E-state index is 0.520. The molecule has 0 aromatic carbocycles. The molecule has 2 atom stereocenters. The van der Waals surface area contributed by atoms with E-state index in [1.54, 1.807) is 0 Å². The Kier molecular flexibility index (Phi) is 5.82. The molecule has 0 aromatic rings. The molecule has 2 unspecified atom stereocenters. The van der Waals surface area contributed by atoms with Gasteiger partial charge in [0.05, 0.1) is 0 Å². The summed E-state index contributed by atoms with van der Waals surface area (Å²) in [6, 6.07) is 0. The average Bonchev–Trinajstić information content (AvgIpc) is 2.43. The summed E-state index contributed by atoms with van der Waals surface area (Å²) in [7, 11) is 0. The Morgan fingerprint density at radius 2 is 1.81 bits per heavy atom. The van der Waals surface area contributed by atoms with Gasteiger partial charge in [-0.15, -0.1) is 0 Å². The molecule has 1 nitrogen and oxygen atoms in total. The van der Waals surface area contributed by atoms with Gasteiger partial charge in [-0.25, -0.2) is 0 Å². The topological polar surface area (TPSA) is 12.0 Å². The maximum atomic E-state index is 3.59. The second-order valence-corrected chi connectivity index (χ2v) is 6.64. The van der Waals surface area contributed by atoms with Crippen LogP contribution in [0.4, 0.5) is 0 Å². The zero-order chi connectivity index (χ0) is 12.0. The lowest BCUT2D eigenvalue weighted by Gasteiger charge is -2.29. The van der Waals surface area contributed by atoms with Gasteiger partial charge in [0.2, 0.25) is 0 Å². The van der Waals surface area contributed by atoms with Gasteiger partial charge < -0.3 is 5.32 Å². The summed E-state index contributed by atoms with van der Waals surface area (Å²) in [6.07, 6.45) is 8.50. The van der Waals surface area contributed by atoms with E-state index in [1.165, 1.54) is 51.6 Å². The van der Waals surface area contributed by atoms with Gasteiger partial charge in [0.1, 0.15) is 0 Å². The maximum Gasteiger partial charge on any atom is -0.00205 e. The van der Waals surface area contributed by atoms with Crippen molar-refractivity contribution >= 4 is 0 Å². The largest absolute Gasteiger partial charge is 0.316 e. The molecule has 1 rings (SSSR count). The van der Waals surface area contributed by atoms with E-state index in [9.17, 15) is 0 Å². The van der Waals surface area contributed by atoms with Crippen LogP contribution in [0.15, 0.2) is 0 Å². The van der Waals surface area contributed by atoms with Crippen molar-refractivity contribution in [2.45, 2.75) is 66.2 Å². The van der Waals surface area contributed by atoms with Crippen LogP contribution in [0.25, 0.3) is 0 Å². The predicted molar refractivity (Wildman–Crippen MR) is 72.7 cm³/mol. The summed E-state index contributed by atoms with van der Waals surface area (Å²) in [5.41, 5.74) is 0.520. The van der Waals surface area contributed by atoms with Crippen molar-refractivity contribution in [3.8, 4) is 0 Å². The number of hydrogen-bond donors (Lipinski definition) is 1. The van der Waals surface area contributed by atoms with Gasteiger partial charge >= 0.3 is 0 Å². The van der Waals surface area contributed by atoms with E-state index in [2.05, 4.69) is 33.0 Å². The molecule has 0 heterocycles. The smallest absolute Gasteiger partial charge is 0.00205 e. The van der Waals surface area contributed by atoms with Crippen LogP contribution < -0.4 is 5.32 Å². The van der Waals surface area contributed by atoms with Crippen LogP contribution in [0.1, 0.15) is 66.2 Å². The molecular formula is C15H31N. The molecule has 0 bridgehead atoms. The van der Waals surface area contributed by atoms with E-state index in [4.69, 9.17) is 0 Å². The monoisotopic (exact) mass is 225 g/mol. The van der Waals surface area contributed by atoms with Crippen LogP contribution in [0.5, 0.6) is 0 Å². The van der Waals surface area contributed by atoms with E-state index in [0.29, 0.717) is 5.41 Å². The third-order valence-electron chi connectivity index (χ3n) is 4.17. The van der Waals surface area contributed by atoms with Gasteiger partial charge in [-0.1, -0.05) is 34.1 Å². The fourth-order valence-electron chi connectivity index (χ4n) is 2.93. The first-order valence-corrected chi connectivity index (χ1v) is 7.24. The first kappa shape index (κ1) is 14.0. The molecule has 0 aliphatic heterocycles. The molecule has 0 aromatic heterocycles. The minimum Gasteiger partial charge on any atom is -0.316 e. The van der Waals surface area contributed by atoms with E-state index in [0.717, 1.165) is 11.8 Å². The van der Waals surface area contributed by atoms with Gasteiger partial charge in [-0.2, -0.15) is 0 Å². The van der Waals surface area contributed by atoms with Crippen molar-refractivity contribution in [1.82, 2.24) is 5.32 Å². The number of rotatable bonds is 4. The Labute approximate surface area is 102 Å². The van der Waals surface area contributed by atoms with Crippen molar-refractivity contribution < 1.29 is 0 Å². The predicted octanol–water partition coefficient (Wildman–Crippen LogP) is 4.23. The van der Waals surface area contributed by atoms with Crippen LogP contribution >= 0.6 is 0 Å². The average molecular weight is 225 g/mol. The van der Waals surface area contributed by atoms with Gasteiger partial charge in [-0.05, 0) is 62.4 Å². The lowest BCUT2D eigenvalue weighted by atomic mass is 9.76. The van der Waals surface area contributed by atoms with Crippen LogP contribution in [0, 0.1) is 17.3 Å². The van der Waals surface area contributed by atoms with Crippen molar-refractivity contribution in [2.24, 2.45) is 17.3 Å². The van der Waals surface area contributed by atoms with E-state index in [-0.39, 0.29) is 0 Å². The first-order valence-electron chi connectivity index (χ1n) is 7.24. The lowest BCUT2D eigenvalue weighted by molar-refractivity contribution is 0.212. The molecule has 1 aliphatic rings. The third kappa shape index (κ3) is 4.86. The molecule has 0 saturated heterocycles. The first-order chi connectivity index (χ1) is 7.54. The van der Waals surface area contributed by atoms with Crippen molar-refractivity contribution in [2.75, 3.05) is 13.1 Å². The van der Waals surface area contributed by atoms with Gasteiger partial charge in [0.25, 0.3) is 0 Å². The molecule has 0 radical (unpaired) electrons. The van der Waals surface area contributed by atoms with Crippen LogP contribution in [-0.4, -0.2) is 13.1 Å². The van der Waals surface area contributed by atoms with Gasteiger partial charge in [0, 0.05) is 0 Å². The van der Waals surface area contributed by atoms with Gasteiger partial charge in [-0.3, -0.25) is 0 Å². The van der Waals surface area contributed by atoms with E-state index in [1.807, 2.05) is 0 Å². The molecule has 1 N–H and O–H groups in total. The summed E-state index contributed by atoms with van der Waals surface area (Å²) >= 11 is 0. The highest BCUT2D eigenvalue weighted by Gasteiger charge is 2.27. The van der Waals surface area contributed by atoms with Crippen LogP contribution in [0.3, 0.4) is 0 Å². The molecule has 0 spiro atoms. The Hall–Kier alpha value is -0.0400. The molecule has 1 saturated carbocycles. The fraction of sp³-hybridized carbons (Fsp3) is 1.00. The summed E-state index contributed by atoms with van der Waals surface area (Å²) in [5, 5.41) is 3.59. The molecule has 16 heavy (non-hydrogen) atoms. The second kappa shape index (κ2) is 6.64. The Morgan fingerprint density at radius 1 is 1.06 bits per heavy atom. The standard InChI is InChI=1S/C15H31N/c1-5-11-16-12-13-7-6-8-14(10-9-13)15(2,3)4/h13-14,16H,5-12H2,1-4H3. The zero-order valence-corrected chi connectivity index (χ0v) is 11.8. The van der Waals surface area contributed by atoms with Crippen molar-refractivity contribution in [1.29, 1.82) is 0 Å². The normalized spacial score (nSPS) is 27.8. The zero-order valence-electron chi connectivity index (χ0n) is 11.8. The molecule has 1 fully saturated rings. The van der Waals surface area contributed by atoms with Crippen molar-refractivity contribution in [3.63, 3.8) is 0 Å². The molecule has 96 valence electrons. The highest BCUT2D eigenvalue weighted by molar-refractivity contribution is 4.79. The van der Waals surface area contributed by atoms with E-state index < -0.39 is 0 Å². The number of hydrogen-bond acceptors (Lipinski definition) is 1. The number of nitrogens with one attached hydrogen (secondary N) is 1. The van der Waals surface area contributed by atoms with Crippen LogP contribution in [-0.2, 0) is 0 Å². The third-order valence-corrected chi connectivity index (χ3v) is 4.17. The second-order valence-electron chi connectivity index (χ2n) is 6.64. The lowest BCUT2D eigenvalue weighted by Crippen LogP contribution is -2.24. The van der Waals surface area contributed by atoms with E-state index >= 15 is 0 Å². The maximum absolute atomic E-state index is 3.59. The Morgan fingerprint density at radius 3 is 2.44 bits per heavy atom. The van der Waals surface area contributed by atoms with Gasteiger partial charge in [0.15, 0.2) is 0 Å². The summed E-state index contributed by atoms with van der Waals surface area (Å²) in [6.45, 7) is 11.9. The Balaban J connectivity index is 2.29. The summed E-state index contributed by atoms with van der Waals surface area (Å²) in [5.74, 6) is 1.89. The highest BCUT2D eigenvalue weighted by Crippen LogP contribution is 2.38.